The van der Waals surface area contributed by atoms with Crippen LogP contribution in [0.4, 0.5) is 23.7 Å². The van der Waals surface area contributed by atoms with Gasteiger partial charge in [-0.2, -0.15) is 13.2 Å². The van der Waals surface area contributed by atoms with E-state index in [2.05, 4.69) is 5.32 Å². The number of rotatable bonds is 7. The van der Waals surface area contributed by atoms with Crippen molar-refractivity contribution in [3.8, 4) is 11.5 Å². The molecule has 2 rings (SSSR count). The monoisotopic (exact) mass is 398 g/mol. The summed E-state index contributed by atoms with van der Waals surface area (Å²) >= 11 is 0. The van der Waals surface area contributed by atoms with Crippen LogP contribution in [0.1, 0.15) is 5.56 Å². The molecule has 0 spiro atoms. The third-order valence-electron chi connectivity index (χ3n) is 3.80. The summed E-state index contributed by atoms with van der Waals surface area (Å²) in [6.45, 7) is -0.223. The average molecular weight is 398 g/mol. The second kappa shape index (κ2) is 9.32. The summed E-state index contributed by atoms with van der Waals surface area (Å²) < 4.78 is 48.0. The molecule has 0 aliphatic carbocycles. The fraction of sp³-hybridized carbons (Fsp3) is 0.316. The van der Waals surface area contributed by atoms with E-state index in [1.165, 1.54) is 31.2 Å². The number of aliphatic hydroxyl groups is 1. The van der Waals surface area contributed by atoms with Crippen molar-refractivity contribution in [1.82, 2.24) is 4.90 Å². The van der Waals surface area contributed by atoms with E-state index in [1.807, 2.05) is 0 Å². The highest BCUT2D eigenvalue weighted by molar-refractivity contribution is 5.90. The van der Waals surface area contributed by atoms with Crippen molar-refractivity contribution in [1.29, 1.82) is 0 Å². The van der Waals surface area contributed by atoms with Crippen molar-refractivity contribution in [3.63, 3.8) is 0 Å². The third-order valence-corrected chi connectivity index (χ3v) is 3.80. The number of hydrogen-bond donors (Lipinski definition) is 2. The fourth-order valence-corrected chi connectivity index (χ4v) is 2.34. The molecule has 0 aliphatic heterocycles. The molecule has 2 N–H and O–H groups in total. The molecule has 9 heteroatoms. The number of ether oxygens (including phenoxy) is 2. The number of nitrogens with zero attached hydrogens (tertiary/aromatic N) is 1. The van der Waals surface area contributed by atoms with Gasteiger partial charge in [0.15, 0.2) is 0 Å². The molecule has 0 aliphatic rings. The third kappa shape index (κ3) is 6.05. The largest absolute Gasteiger partial charge is 0.495 e. The molecule has 28 heavy (non-hydrogen) atoms. The Bertz CT molecular complexity index is 781. The Morgan fingerprint density at radius 2 is 1.82 bits per heavy atom. The number of halogens is 3. The van der Waals surface area contributed by atoms with Crippen LogP contribution in [-0.2, 0) is 6.18 Å². The van der Waals surface area contributed by atoms with Crippen molar-refractivity contribution in [2.45, 2.75) is 12.3 Å². The van der Waals surface area contributed by atoms with Crippen LogP contribution in [0.15, 0.2) is 48.5 Å². The summed E-state index contributed by atoms with van der Waals surface area (Å²) in [6, 6.07) is 10.6. The van der Waals surface area contributed by atoms with Gasteiger partial charge >= 0.3 is 12.2 Å². The summed E-state index contributed by atoms with van der Waals surface area (Å²) in [5.41, 5.74) is -0.300. The maximum absolute atomic E-state index is 12.5. The Kier molecular flexibility index (Phi) is 7.11. The van der Waals surface area contributed by atoms with Gasteiger partial charge in [-0.3, -0.25) is 0 Å². The van der Waals surface area contributed by atoms with E-state index in [4.69, 9.17) is 9.47 Å². The molecule has 0 fully saturated rings. The summed E-state index contributed by atoms with van der Waals surface area (Å²) in [5, 5.41) is 12.7. The molecule has 2 aromatic rings. The molecule has 1 atom stereocenters. The highest BCUT2D eigenvalue weighted by Crippen LogP contribution is 2.30. The first kappa shape index (κ1) is 21.4. The number of carbonyl (C=O) groups is 1. The Morgan fingerprint density at radius 1 is 1.18 bits per heavy atom. The van der Waals surface area contributed by atoms with Crippen LogP contribution in [0, 0.1) is 0 Å². The minimum Gasteiger partial charge on any atom is -0.495 e. The molecule has 0 heterocycles. The zero-order valence-electron chi connectivity index (χ0n) is 15.4. The number of alkyl halides is 3. The van der Waals surface area contributed by atoms with E-state index in [-0.39, 0.29) is 18.9 Å². The van der Waals surface area contributed by atoms with Gasteiger partial charge in [-0.05, 0) is 36.4 Å². The van der Waals surface area contributed by atoms with E-state index in [0.717, 1.165) is 12.1 Å². The lowest BCUT2D eigenvalue weighted by Crippen LogP contribution is -2.39. The minimum atomic E-state index is -4.42. The van der Waals surface area contributed by atoms with Crippen LogP contribution in [0.2, 0.25) is 0 Å². The SMILES string of the molecule is COc1ccccc1NC(=O)N(C)CC(O)COc1ccc(C(F)(F)F)cc1. The zero-order chi connectivity index (χ0) is 20.7. The highest BCUT2D eigenvalue weighted by Gasteiger charge is 2.30. The molecule has 2 aromatic carbocycles. The molecule has 0 saturated heterocycles. The van der Waals surface area contributed by atoms with Crippen molar-refractivity contribution in [2.75, 3.05) is 32.6 Å². The number of aliphatic hydroxyl groups excluding tert-OH is 1. The molecule has 0 saturated carbocycles. The first-order valence-electron chi connectivity index (χ1n) is 8.34. The van der Waals surface area contributed by atoms with Crippen LogP contribution in [0.25, 0.3) is 0 Å². The van der Waals surface area contributed by atoms with Gasteiger partial charge in [-0.25, -0.2) is 4.79 Å². The van der Waals surface area contributed by atoms with Crippen LogP contribution < -0.4 is 14.8 Å². The molecule has 0 aromatic heterocycles. The predicted octanol–water partition coefficient (Wildman–Crippen LogP) is 3.62. The molecule has 2 amide bonds. The van der Waals surface area contributed by atoms with Gasteiger partial charge in [0.05, 0.1) is 24.9 Å². The second-order valence-corrected chi connectivity index (χ2v) is 6.00. The van der Waals surface area contributed by atoms with E-state index in [9.17, 15) is 23.1 Å². The maximum atomic E-state index is 12.5. The summed E-state index contributed by atoms with van der Waals surface area (Å²) in [4.78, 5) is 13.5. The number of likely N-dealkylation sites (N-methyl/N-ethyl adjacent to an activating group) is 1. The van der Waals surface area contributed by atoms with Gasteiger partial charge in [-0.1, -0.05) is 12.1 Å². The number of amides is 2. The Hall–Kier alpha value is -2.94. The number of nitrogens with one attached hydrogen (secondary N) is 1. The second-order valence-electron chi connectivity index (χ2n) is 6.00. The lowest BCUT2D eigenvalue weighted by Gasteiger charge is -2.22. The average Bonchev–Trinajstić information content (AvgIpc) is 2.66. The van der Waals surface area contributed by atoms with Crippen LogP contribution in [-0.4, -0.2) is 49.5 Å². The van der Waals surface area contributed by atoms with E-state index in [0.29, 0.717) is 11.4 Å². The first-order valence-corrected chi connectivity index (χ1v) is 8.34. The van der Waals surface area contributed by atoms with Crippen LogP contribution in [0.5, 0.6) is 11.5 Å². The number of methoxy groups -OCH3 is 1. The zero-order valence-corrected chi connectivity index (χ0v) is 15.4. The molecule has 0 bridgehead atoms. The van der Waals surface area contributed by atoms with Gasteiger partial charge in [0, 0.05) is 7.05 Å². The number of urea groups is 1. The van der Waals surface area contributed by atoms with E-state index < -0.39 is 23.9 Å². The fourth-order valence-electron chi connectivity index (χ4n) is 2.34. The number of para-hydroxylation sites is 2. The molecular weight excluding hydrogens is 377 g/mol. The molecule has 1 unspecified atom stereocenters. The Labute approximate surface area is 160 Å². The molecular formula is C19H21F3N2O4. The van der Waals surface area contributed by atoms with Crippen molar-refractivity contribution in [3.05, 3.63) is 54.1 Å². The number of benzene rings is 2. The molecule has 152 valence electrons. The van der Waals surface area contributed by atoms with Gasteiger partial charge in [-0.15, -0.1) is 0 Å². The summed E-state index contributed by atoms with van der Waals surface area (Å²) in [5.74, 6) is 0.684. The van der Waals surface area contributed by atoms with Crippen molar-refractivity contribution >= 4 is 11.7 Å². The van der Waals surface area contributed by atoms with Gasteiger partial charge in [0.1, 0.15) is 24.2 Å². The standard InChI is InChI=1S/C19H21F3N2O4/c1-24(18(26)23-16-5-3-4-6-17(16)27-2)11-14(25)12-28-15-9-7-13(8-10-15)19(20,21)22/h3-10,14,25H,11-12H2,1-2H3,(H,23,26). The normalized spacial score (nSPS) is 12.2. The van der Waals surface area contributed by atoms with Gasteiger partial charge in [0.2, 0.25) is 0 Å². The minimum absolute atomic E-state index is 0.0401. The lowest BCUT2D eigenvalue weighted by atomic mass is 10.2. The van der Waals surface area contributed by atoms with Gasteiger partial charge in [0.25, 0.3) is 0 Å². The smallest absolute Gasteiger partial charge is 0.416 e. The van der Waals surface area contributed by atoms with E-state index in [1.54, 1.807) is 24.3 Å². The van der Waals surface area contributed by atoms with Crippen molar-refractivity contribution in [2.24, 2.45) is 0 Å². The number of carbonyl (C=O) groups excluding carboxylic acids is 1. The van der Waals surface area contributed by atoms with Gasteiger partial charge < -0.3 is 24.8 Å². The summed E-state index contributed by atoms with van der Waals surface area (Å²) in [6.07, 6.45) is -5.45. The highest BCUT2D eigenvalue weighted by atomic mass is 19.4. The molecule has 0 radical (unpaired) electrons. The lowest BCUT2D eigenvalue weighted by molar-refractivity contribution is -0.137. The number of hydrogen-bond acceptors (Lipinski definition) is 4. The van der Waals surface area contributed by atoms with Crippen molar-refractivity contribution < 1.29 is 32.5 Å². The Balaban J connectivity index is 1.83. The number of anilines is 1. The first-order chi connectivity index (χ1) is 13.2. The maximum Gasteiger partial charge on any atom is 0.416 e. The van der Waals surface area contributed by atoms with E-state index >= 15 is 0 Å². The predicted molar refractivity (Wildman–Crippen MR) is 97.6 cm³/mol. The van der Waals surface area contributed by atoms with Crippen LogP contribution in [0.3, 0.4) is 0 Å². The Morgan fingerprint density at radius 3 is 2.43 bits per heavy atom. The van der Waals surface area contributed by atoms with Crippen LogP contribution >= 0.6 is 0 Å². The summed E-state index contributed by atoms with van der Waals surface area (Å²) in [7, 11) is 2.98. The topological polar surface area (TPSA) is 71.0 Å². The molecule has 6 nitrogen and oxygen atoms in total. The quantitative estimate of drug-likeness (QED) is 0.748.